The van der Waals surface area contributed by atoms with E-state index in [-0.39, 0.29) is 0 Å². The number of nitrogens with zero attached hydrogens (tertiary/aromatic N) is 1. The van der Waals surface area contributed by atoms with Crippen LogP contribution in [-0.2, 0) is 6.42 Å². The zero-order chi connectivity index (χ0) is 16.8. The first-order valence-corrected chi connectivity index (χ1v) is 10.4. The molecule has 0 N–H and O–H groups in total. The summed E-state index contributed by atoms with van der Waals surface area (Å²) in [4.78, 5) is 4.77. The molecule has 0 unspecified atom stereocenters. The molecule has 3 rings (SSSR count). The van der Waals surface area contributed by atoms with Gasteiger partial charge in [-0.2, -0.15) is 0 Å². The molecule has 2 aromatic carbocycles. The summed E-state index contributed by atoms with van der Waals surface area (Å²) in [6.07, 6.45) is 9.00. The average molecular weight is 330 g/mol. The van der Waals surface area contributed by atoms with Gasteiger partial charge >= 0.3 is 0 Å². The molecule has 0 aliphatic rings. The highest BCUT2D eigenvalue weighted by Crippen LogP contribution is 2.50. The third kappa shape index (κ3) is 3.25. The molecule has 24 heavy (non-hydrogen) atoms. The molecule has 2 heteroatoms. The van der Waals surface area contributed by atoms with Gasteiger partial charge in [-0.15, -0.1) is 12.3 Å². The molecule has 1 nitrogen and oxygen atoms in total. The summed E-state index contributed by atoms with van der Waals surface area (Å²) < 4.78 is 0. The lowest BCUT2D eigenvalue weighted by molar-refractivity contribution is 1.03. The molecule has 0 atom stereocenters. The zero-order valence-corrected chi connectivity index (χ0v) is 14.8. The predicted octanol–water partition coefficient (Wildman–Crippen LogP) is 3.57. The second-order valence-electron chi connectivity index (χ2n) is 5.90. The highest BCUT2D eigenvalue weighted by molar-refractivity contribution is 7.94. The van der Waals surface area contributed by atoms with E-state index in [4.69, 9.17) is 11.4 Å². The predicted molar refractivity (Wildman–Crippen MR) is 106 cm³/mol. The Kier molecular flexibility index (Phi) is 5.09. The lowest BCUT2D eigenvalue weighted by atomic mass is 10.1. The molecule has 0 spiro atoms. The first-order chi connectivity index (χ1) is 11.7. The molecule has 0 fully saturated rings. The average Bonchev–Trinajstić information content (AvgIpc) is 2.67. The Hall–Kier alpha value is -2.42. The van der Waals surface area contributed by atoms with Gasteiger partial charge in [0.05, 0.1) is 6.66 Å². The molecule has 0 radical (unpaired) electrons. The molecule has 0 saturated carbocycles. The van der Waals surface area contributed by atoms with Crippen LogP contribution in [0.5, 0.6) is 0 Å². The molecule has 118 valence electrons. The monoisotopic (exact) mass is 330 g/mol. The number of pyridine rings is 1. The number of benzene rings is 2. The molecular weight excluding hydrogens is 309 g/mol. The van der Waals surface area contributed by atoms with Gasteiger partial charge in [0, 0.05) is 18.7 Å². The van der Waals surface area contributed by atoms with Crippen molar-refractivity contribution in [2.24, 2.45) is 0 Å². The fourth-order valence-corrected chi connectivity index (χ4v) is 6.03. The van der Waals surface area contributed by atoms with Crippen LogP contribution in [0.3, 0.4) is 0 Å². The van der Waals surface area contributed by atoms with E-state index in [0.29, 0.717) is 0 Å². The number of rotatable bonds is 5. The molecular formula is C22H21NP+. The van der Waals surface area contributed by atoms with Crippen molar-refractivity contribution in [2.75, 3.05) is 6.66 Å². The van der Waals surface area contributed by atoms with E-state index in [2.05, 4.69) is 85.4 Å². The minimum absolute atomic E-state index is 0.759. The van der Waals surface area contributed by atoms with Gasteiger partial charge in [-0.05, 0) is 42.3 Å². The standard InChI is InChI=1S/C22H21NP/c1-3-4-11-19-16-17-23-22(18-19)24(2,20-12-7-5-8-13-20)21-14-9-6-10-15-21/h1,5-10,12-18H,4,11H2,2H3/q+1. The van der Waals surface area contributed by atoms with E-state index in [1.54, 1.807) is 0 Å². The van der Waals surface area contributed by atoms with Crippen LogP contribution in [0.15, 0.2) is 79.0 Å². The Morgan fingerprint density at radius 1 is 0.917 bits per heavy atom. The van der Waals surface area contributed by atoms with Crippen molar-refractivity contribution in [3.8, 4) is 12.3 Å². The van der Waals surface area contributed by atoms with Crippen LogP contribution in [0.2, 0.25) is 0 Å². The Morgan fingerprint density at radius 2 is 1.50 bits per heavy atom. The molecule has 0 bridgehead atoms. The number of hydrogen-bond donors (Lipinski definition) is 0. The SMILES string of the molecule is C#CCCc1ccnc([P+](C)(c2ccccc2)c2ccccc2)c1. The number of aromatic nitrogens is 1. The van der Waals surface area contributed by atoms with Crippen molar-refractivity contribution in [3.63, 3.8) is 0 Å². The molecule has 1 heterocycles. The molecule has 0 aliphatic carbocycles. The third-order valence-corrected chi connectivity index (χ3v) is 8.19. The second kappa shape index (κ2) is 7.43. The van der Waals surface area contributed by atoms with E-state index in [9.17, 15) is 0 Å². The van der Waals surface area contributed by atoms with Gasteiger partial charge in [0.25, 0.3) is 0 Å². The van der Waals surface area contributed by atoms with Crippen molar-refractivity contribution >= 4 is 23.3 Å². The summed E-state index contributed by atoms with van der Waals surface area (Å²) in [7, 11) is -1.75. The Labute approximate surface area is 145 Å². The van der Waals surface area contributed by atoms with Gasteiger partial charge in [-0.3, -0.25) is 0 Å². The zero-order valence-electron chi connectivity index (χ0n) is 13.9. The maximum absolute atomic E-state index is 5.42. The number of hydrogen-bond acceptors (Lipinski definition) is 1. The lowest BCUT2D eigenvalue weighted by Crippen LogP contribution is -2.32. The van der Waals surface area contributed by atoms with Crippen molar-refractivity contribution in [3.05, 3.63) is 84.6 Å². The Bertz CT molecular complexity index is 795. The fraction of sp³-hybridized carbons (Fsp3) is 0.136. The van der Waals surface area contributed by atoms with Crippen LogP contribution in [0.25, 0.3) is 0 Å². The van der Waals surface area contributed by atoms with E-state index < -0.39 is 7.26 Å². The summed E-state index contributed by atoms with van der Waals surface area (Å²) in [6, 6.07) is 25.8. The van der Waals surface area contributed by atoms with Crippen molar-refractivity contribution in [1.82, 2.24) is 4.98 Å². The molecule has 0 aliphatic heterocycles. The fourth-order valence-electron chi connectivity index (χ4n) is 2.94. The quantitative estimate of drug-likeness (QED) is 0.515. The van der Waals surface area contributed by atoms with E-state index in [1.807, 2.05) is 6.20 Å². The first kappa shape index (κ1) is 16.4. The van der Waals surface area contributed by atoms with Crippen molar-refractivity contribution in [2.45, 2.75) is 12.8 Å². The van der Waals surface area contributed by atoms with Gasteiger partial charge in [0.1, 0.15) is 17.9 Å². The summed E-state index contributed by atoms with van der Waals surface area (Å²) in [5.74, 6) is 2.73. The first-order valence-electron chi connectivity index (χ1n) is 8.12. The van der Waals surface area contributed by atoms with Crippen LogP contribution >= 0.6 is 7.26 Å². The second-order valence-corrected chi connectivity index (χ2v) is 9.41. The Morgan fingerprint density at radius 3 is 2.04 bits per heavy atom. The highest BCUT2D eigenvalue weighted by atomic mass is 31.2. The Balaban J connectivity index is 2.15. The molecule has 0 saturated heterocycles. The minimum Gasteiger partial charge on any atom is -0.222 e. The van der Waals surface area contributed by atoms with Crippen LogP contribution in [-0.4, -0.2) is 11.6 Å². The van der Waals surface area contributed by atoms with Crippen molar-refractivity contribution in [1.29, 1.82) is 0 Å². The maximum Gasteiger partial charge on any atom is 0.192 e. The van der Waals surface area contributed by atoms with Crippen LogP contribution in [0.1, 0.15) is 12.0 Å². The normalized spacial score (nSPS) is 11.0. The van der Waals surface area contributed by atoms with Crippen molar-refractivity contribution < 1.29 is 0 Å². The molecule has 3 aromatic rings. The van der Waals surface area contributed by atoms with Gasteiger partial charge in [-0.25, -0.2) is 4.98 Å². The maximum atomic E-state index is 5.42. The van der Waals surface area contributed by atoms with E-state index in [1.165, 1.54) is 16.2 Å². The highest BCUT2D eigenvalue weighted by Gasteiger charge is 2.41. The van der Waals surface area contributed by atoms with E-state index >= 15 is 0 Å². The van der Waals surface area contributed by atoms with E-state index in [0.717, 1.165) is 18.3 Å². The number of terminal acetylenes is 1. The summed E-state index contributed by atoms with van der Waals surface area (Å²) in [5, 5.41) is 2.69. The summed E-state index contributed by atoms with van der Waals surface area (Å²) >= 11 is 0. The lowest BCUT2D eigenvalue weighted by Gasteiger charge is -2.22. The molecule has 1 aromatic heterocycles. The van der Waals surface area contributed by atoms with Gasteiger partial charge in [0.2, 0.25) is 0 Å². The number of aryl methyl sites for hydroxylation is 1. The van der Waals surface area contributed by atoms with Crippen LogP contribution < -0.4 is 16.0 Å². The summed E-state index contributed by atoms with van der Waals surface area (Å²) in [5.41, 5.74) is 2.42. The summed E-state index contributed by atoms with van der Waals surface area (Å²) in [6.45, 7) is 2.35. The van der Waals surface area contributed by atoms with Gasteiger partial charge in [-0.1, -0.05) is 36.4 Å². The molecule has 0 amide bonds. The van der Waals surface area contributed by atoms with Crippen LogP contribution in [0.4, 0.5) is 0 Å². The van der Waals surface area contributed by atoms with Gasteiger partial charge in [0.15, 0.2) is 5.44 Å². The minimum atomic E-state index is -1.75. The topological polar surface area (TPSA) is 12.9 Å². The van der Waals surface area contributed by atoms with Gasteiger partial charge < -0.3 is 0 Å². The largest absolute Gasteiger partial charge is 0.222 e. The third-order valence-electron chi connectivity index (χ3n) is 4.37. The van der Waals surface area contributed by atoms with Crippen LogP contribution in [0, 0.1) is 12.3 Å². The smallest absolute Gasteiger partial charge is 0.192 e.